The van der Waals surface area contributed by atoms with Gasteiger partial charge in [-0.05, 0) is 31.6 Å². The Balaban J connectivity index is 5.18. The van der Waals surface area contributed by atoms with E-state index < -0.39 is 97.5 Å². The Hall–Kier alpha value is -1.94. The van der Waals surface area contributed by atoms with Crippen LogP contribution in [-0.4, -0.2) is 96.7 Å². The number of esters is 4. The van der Waals surface area contributed by atoms with Crippen LogP contribution in [0.25, 0.3) is 0 Å². The summed E-state index contributed by atoms with van der Waals surface area (Å²) in [7, 11) is -9.90. The highest BCUT2D eigenvalue weighted by atomic mass is 31.2. The van der Waals surface area contributed by atoms with Gasteiger partial charge in [0.05, 0.1) is 26.4 Å². The van der Waals surface area contributed by atoms with E-state index in [2.05, 4.69) is 34.6 Å². The van der Waals surface area contributed by atoms with Crippen molar-refractivity contribution in [1.29, 1.82) is 0 Å². The van der Waals surface area contributed by atoms with Gasteiger partial charge in [-0.15, -0.1) is 0 Å². The number of aliphatic hydroxyl groups excluding tert-OH is 1. The summed E-state index contributed by atoms with van der Waals surface area (Å²) in [5.74, 6) is -1.31. The van der Waals surface area contributed by atoms with Crippen molar-refractivity contribution < 1.29 is 80.2 Å². The topological polar surface area (TPSA) is 237 Å². The lowest BCUT2D eigenvalue weighted by molar-refractivity contribution is -0.161. The molecule has 0 aliphatic carbocycles. The van der Waals surface area contributed by atoms with Gasteiger partial charge in [-0.3, -0.25) is 37.3 Å². The fraction of sp³-hybridized carbons (Fsp3) is 0.947. The molecule has 3 N–H and O–H groups in total. The minimum atomic E-state index is -4.95. The van der Waals surface area contributed by atoms with Crippen molar-refractivity contribution in [3.05, 3.63) is 0 Å². The van der Waals surface area contributed by atoms with Crippen LogP contribution >= 0.6 is 15.6 Å². The van der Waals surface area contributed by atoms with E-state index in [0.717, 1.165) is 109 Å². The zero-order valence-corrected chi connectivity index (χ0v) is 62.9. The summed E-state index contributed by atoms with van der Waals surface area (Å²) in [6.45, 7) is 7.28. The van der Waals surface area contributed by atoms with Gasteiger partial charge in [0.15, 0.2) is 12.2 Å². The second-order valence-electron chi connectivity index (χ2n) is 27.5. The zero-order valence-electron chi connectivity index (χ0n) is 61.1. The maximum Gasteiger partial charge on any atom is 0.472 e. The number of unbranched alkanes of at least 4 members (excludes halogenated alkanes) is 47. The van der Waals surface area contributed by atoms with Gasteiger partial charge in [-0.2, -0.15) is 0 Å². The average molecular weight is 1380 g/mol. The van der Waals surface area contributed by atoms with Crippen molar-refractivity contribution in [2.45, 2.75) is 412 Å². The van der Waals surface area contributed by atoms with Crippen molar-refractivity contribution in [2.75, 3.05) is 39.6 Å². The predicted molar refractivity (Wildman–Crippen MR) is 382 cm³/mol. The van der Waals surface area contributed by atoms with E-state index >= 15 is 0 Å². The molecule has 0 aromatic carbocycles. The minimum Gasteiger partial charge on any atom is -0.462 e. The fourth-order valence-corrected chi connectivity index (χ4v) is 13.1. The van der Waals surface area contributed by atoms with Crippen LogP contribution in [0.2, 0.25) is 0 Å². The third kappa shape index (κ3) is 68.6. The Morgan fingerprint density at radius 1 is 0.287 bits per heavy atom. The lowest BCUT2D eigenvalue weighted by atomic mass is 10.0. The van der Waals surface area contributed by atoms with E-state index in [-0.39, 0.29) is 25.7 Å². The summed E-state index contributed by atoms with van der Waals surface area (Å²) < 4.78 is 68.4. The summed E-state index contributed by atoms with van der Waals surface area (Å²) >= 11 is 0. The molecule has 0 bridgehead atoms. The monoisotopic (exact) mass is 1380 g/mol. The number of hydrogen-bond donors (Lipinski definition) is 3. The maximum absolute atomic E-state index is 13.1. The highest BCUT2D eigenvalue weighted by Crippen LogP contribution is 2.45. The SMILES string of the molecule is CCCCCCCCCCCCCCCCC(=O)OC[C@H](COP(=O)(O)OC[C@@H](O)COP(=O)(O)OC[C@@H](COC(=O)CCCCCCCCC)OC(=O)CCCCCCCCCCCCCCCC)OC(=O)CCCCCCCCCCCCCCCCCCC(C)C. The molecule has 17 nitrogen and oxygen atoms in total. The van der Waals surface area contributed by atoms with E-state index in [0.29, 0.717) is 25.7 Å². The molecule has 0 saturated heterocycles. The molecule has 2 unspecified atom stereocenters. The van der Waals surface area contributed by atoms with Gasteiger partial charge < -0.3 is 33.8 Å². The van der Waals surface area contributed by atoms with Crippen LogP contribution in [0.5, 0.6) is 0 Å². The lowest BCUT2D eigenvalue weighted by Gasteiger charge is -2.21. The molecule has 94 heavy (non-hydrogen) atoms. The van der Waals surface area contributed by atoms with Crippen LogP contribution in [0.15, 0.2) is 0 Å². The molecular weight excluding hydrogens is 1230 g/mol. The molecule has 0 aromatic heterocycles. The summed E-state index contributed by atoms with van der Waals surface area (Å²) in [6.07, 6.45) is 56.9. The Morgan fingerprint density at radius 3 is 0.723 bits per heavy atom. The Morgan fingerprint density at radius 2 is 0.489 bits per heavy atom. The smallest absolute Gasteiger partial charge is 0.462 e. The number of carbonyl (C=O) groups excluding carboxylic acids is 4. The summed E-state index contributed by atoms with van der Waals surface area (Å²) in [4.78, 5) is 72.6. The molecule has 0 spiro atoms. The molecule has 558 valence electrons. The molecule has 0 heterocycles. The van der Waals surface area contributed by atoms with Crippen LogP contribution in [0.1, 0.15) is 394 Å². The molecule has 0 radical (unpaired) electrons. The molecule has 19 heteroatoms. The first-order valence-corrected chi connectivity index (χ1v) is 42.1. The standard InChI is InChI=1S/C75H146O17P2/c1-6-9-12-15-18-20-22-24-31-35-39-44-49-54-59-73(78)86-65-71(92-75(80)61-56-51-46-41-37-33-29-27-26-28-30-34-38-43-47-52-57-68(4)5)67-90-94(83,84)88-63-69(76)62-87-93(81,82)89-66-70(64-85-72(77)58-53-48-42-17-14-11-8-3)91-74(79)60-55-50-45-40-36-32-25-23-21-19-16-13-10-7-2/h68-71,76H,6-67H2,1-5H3,(H,81,82)(H,83,84)/t69-,70+,71+/m0/s1. The normalized spacial score (nSPS) is 14.0. The summed E-state index contributed by atoms with van der Waals surface area (Å²) in [5, 5.41) is 10.6. The van der Waals surface area contributed by atoms with E-state index in [4.69, 9.17) is 37.0 Å². The van der Waals surface area contributed by atoms with Crippen LogP contribution in [0.3, 0.4) is 0 Å². The third-order valence-corrected chi connectivity index (χ3v) is 19.4. The van der Waals surface area contributed by atoms with E-state index in [1.807, 2.05) is 0 Å². The van der Waals surface area contributed by atoms with Crippen molar-refractivity contribution >= 4 is 39.5 Å². The number of phosphoric acid groups is 2. The van der Waals surface area contributed by atoms with Gasteiger partial charge in [-0.25, -0.2) is 9.13 Å². The van der Waals surface area contributed by atoms with Crippen molar-refractivity contribution in [2.24, 2.45) is 5.92 Å². The van der Waals surface area contributed by atoms with Crippen LogP contribution in [-0.2, 0) is 65.4 Å². The molecule has 0 rings (SSSR count). The number of aliphatic hydroxyl groups is 1. The number of hydrogen-bond acceptors (Lipinski definition) is 15. The van der Waals surface area contributed by atoms with Gasteiger partial charge in [0.1, 0.15) is 19.3 Å². The Kier molecular flexibility index (Phi) is 66.8. The molecule has 0 aliphatic rings. The highest BCUT2D eigenvalue weighted by molar-refractivity contribution is 7.47. The largest absolute Gasteiger partial charge is 0.472 e. The quantitative estimate of drug-likeness (QED) is 0.0222. The van der Waals surface area contributed by atoms with Gasteiger partial charge in [0.25, 0.3) is 0 Å². The Bertz CT molecular complexity index is 1810. The summed E-state index contributed by atoms with van der Waals surface area (Å²) in [5.41, 5.74) is 0. The molecule has 0 saturated carbocycles. The second kappa shape index (κ2) is 68.2. The van der Waals surface area contributed by atoms with Crippen molar-refractivity contribution in [1.82, 2.24) is 0 Å². The Labute approximate surface area is 575 Å². The van der Waals surface area contributed by atoms with Gasteiger partial charge >= 0.3 is 39.5 Å². The van der Waals surface area contributed by atoms with Gasteiger partial charge in [0.2, 0.25) is 0 Å². The van der Waals surface area contributed by atoms with Crippen LogP contribution in [0.4, 0.5) is 0 Å². The molecule has 0 aromatic rings. The first-order valence-electron chi connectivity index (χ1n) is 39.1. The van der Waals surface area contributed by atoms with Gasteiger partial charge in [-0.1, -0.05) is 343 Å². The van der Waals surface area contributed by atoms with Gasteiger partial charge in [0, 0.05) is 25.7 Å². The fourth-order valence-electron chi connectivity index (χ4n) is 11.5. The predicted octanol–water partition coefficient (Wildman–Crippen LogP) is 22.1. The molecular formula is C75H146O17P2. The number of phosphoric ester groups is 2. The van der Waals surface area contributed by atoms with Crippen LogP contribution in [0, 0.1) is 5.92 Å². The average Bonchev–Trinajstić information content (AvgIpc) is 2.29. The zero-order chi connectivity index (χ0) is 69.1. The van der Waals surface area contributed by atoms with Crippen molar-refractivity contribution in [3.8, 4) is 0 Å². The second-order valence-corrected chi connectivity index (χ2v) is 30.4. The first-order chi connectivity index (χ1) is 45.5. The first kappa shape index (κ1) is 92.1. The molecule has 0 aliphatic heterocycles. The van der Waals surface area contributed by atoms with E-state index in [1.165, 1.54) is 205 Å². The molecule has 5 atom stereocenters. The van der Waals surface area contributed by atoms with Crippen molar-refractivity contribution in [3.63, 3.8) is 0 Å². The third-order valence-electron chi connectivity index (χ3n) is 17.5. The number of carbonyl (C=O) groups is 4. The molecule has 0 fully saturated rings. The lowest BCUT2D eigenvalue weighted by Crippen LogP contribution is -2.30. The van der Waals surface area contributed by atoms with E-state index in [9.17, 15) is 43.2 Å². The number of rotatable bonds is 75. The summed E-state index contributed by atoms with van der Waals surface area (Å²) in [6, 6.07) is 0. The van der Waals surface area contributed by atoms with Crippen LogP contribution < -0.4 is 0 Å². The molecule has 0 amide bonds. The van der Waals surface area contributed by atoms with E-state index in [1.54, 1.807) is 0 Å². The number of ether oxygens (including phenoxy) is 4. The highest BCUT2D eigenvalue weighted by Gasteiger charge is 2.30. The minimum absolute atomic E-state index is 0.108. The maximum atomic E-state index is 13.1.